The van der Waals surface area contributed by atoms with Gasteiger partial charge >= 0.3 is 0 Å². The number of aliphatic hydroxyl groups excluding tert-OH is 1. The van der Waals surface area contributed by atoms with Gasteiger partial charge in [0.15, 0.2) is 0 Å². The molecule has 1 aliphatic rings. The second-order valence-corrected chi connectivity index (χ2v) is 5.56. The van der Waals surface area contributed by atoms with Crippen LogP contribution < -0.4 is 5.32 Å². The monoisotopic (exact) mass is 260 g/mol. The van der Waals surface area contributed by atoms with Crippen molar-refractivity contribution < 1.29 is 5.11 Å². The molecule has 0 unspecified atom stereocenters. The predicted molar refractivity (Wildman–Crippen MR) is 77.7 cm³/mol. The lowest BCUT2D eigenvalue weighted by Crippen LogP contribution is -2.32. The van der Waals surface area contributed by atoms with Crippen LogP contribution in [0.3, 0.4) is 0 Å². The lowest BCUT2D eigenvalue weighted by Gasteiger charge is -2.29. The lowest BCUT2D eigenvalue weighted by atomic mass is 9.80. The predicted octanol–water partition coefficient (Wildman–Crippen LogP) is 2.70. The van der Waals surface area contributed by atoms with Crippen molar-refractivity contribution in [1.82, 2.24) is 10.3 Å². The van der Waals surface area contributed by atoms with E-state index in [1.807, 2.05) is 12.1 Å². The molecule has 0 saturated heterocycles. The van der Waals surface area contributed by atoms with Gasteiger partial charge in [0.05, 0.1) is 6.10 Å². The first-order valence-corrected chi connectivity index (χ1v) is 7.14. The maximum atomic E-state index is 10.1. The standard InChI is InChI=1S/C16H24N2O/c1-12-4-3-5-13(2)15(12)10-18-11-16(19)14-6-8-17-9-7-14/h4,6-9,13,15-16,18-19H,3,5,10-11H2,1-2H3/t13-,15+,16-/m0/s1. The molecule has 0 spiro atoms. The summed E-state index contributed by atoms with van der Waals surface area (Å²) in [4.78, 5) is 3.96. The van der Waals surface area contributed by atoms with Gasteiger partial charge < -0.3 is 10.4 Å². The minimum Gasteiger partial charge on any atom is -0.387 e. The summed E-state index contributed by atoms with van der Waals surface area (Å²) in [5.41, 5.74) is 2.41. The summed E-state index contributed by atoms with van der Waals surface area (Å²) in [6.07, 6.45) is 7.82. The first-order valence-electron chi connectivity index (χ1n) is 7.14. The van der Waals surface area contributed by atoms with Crippen LogP contribution >= 0.6 is 0 Å². The van der Waals surface area contributed by atoms with Crippen LogP contribution in [-0.2, 0) is 0 Å². The molecule has 104 valence electrons. The third kappa shape index (κ3) is 3.88. The lowest BCUT2D eigenvalue weighted by molar-refractivity contribution is 0.171. The van der Waals surface area contributed by atoms with Gasteiger partial charge in [0.2, 0.25) is 0 Å². The summed E-state index contributed by atoms with van der Waals surface area (Å²) in [6, 6.07) is 3.72. The Bertz CT molecular complexity index is 416. The Morgan fingerprint density at radius 2 is 2.16 bits per heavy atom. The first-order chi connectivity index (χ1) is 9.18. The normalized spacial score (nSPS) is 24.9. The molecule has 3 atom stereocenters. The highest BCUT2D eigenvalue weighted by atomic mass is 16.3. The van der Waals surface area contributed by atoms with Crippen LogP contribution in [0.4, 0.5) is 0 Å². The molecule has 19 heavy (non-hydrogen) atoms. The molecule has 1 aromatic rings. The van der Waals surface area contributed by atoms with Crippen molar-refractivity contribution in [3.05, 3.63) is 41.7 Å². The number of aliphatic hydroxyl groups is 1. The number of nitrogens with zero attached hydrogens (tertiary/aromatic N) is 1. The van der Waals surface area contributed by atoms with E-state index in [0.717, 1.165) is 18.0 Å². The molecule has 0 bridgehead atoms. The molecule has 2 rings (SSSR count). The Hall–Kier alpha value is -1.19. The number of allylic oxidation sites excluding steroid dienone is 1. The van der Waals surface area contributed by atoms with Crippen LogP contribution in [0.25, 0.3) is 0 Å². The van der Waals surface area contributed by atoms with E-state index in [0.29, 0.717) is 12.5 Å². The molecule has 0 saturated carbocycles. The van der Waals surface area contributed by atoms with Crippen molar-refractivity contribution in [3.8, 4) is 0 Å². The second-order valence-electron chi connectivity index (χ2n) is 5.56. The van der Waals surface area contributed by atoms with Crippen molar-refractivity contribution in [1.29, 1.82) is 0 Å². The largest absolute Gasteiger partial charge is 0.387 e. The fourth-order valence-electron chi connectivity index (χ4n) is 2.82. The zero-order valence-electron chi connectivity index (χ0n) is 11.8. The number of hydrogen-bond acceptors (Lipinski definition) is 3. The third-order valence-electron chi connectivity index (χ3n) is 4.15. The average molecular weight is 260 g/mol. The Kier molecular flexibility index (Phi) is 5.11. The minimum absolute atomic E-state index is 0.453. The van der Waals surface area contributed by atoms with Gasteiger partial charge in [0.1, 0.15) is 0 Å². The van der Waals surface area contributed by atoms with Gasteiger partial charge in [-0.2, -0.15) is 0 Å². The highest BCUT2D eigenvalue weighted by Crippen LogP contribution is 2.29. The van der Waals surface area contributed by atoms with E-state index in [1.54, 1.807) is 12.4 Å². The highest BCUT2D eigenvalue weighted by molar-refractivity contribution is 5.13. The van der Waals surface area contributed by atoms with E-state index in [1.165, 1.54) is 18.4 Å². The highest BCUT2D eigenvalue weighted by Gasteiger charge is 2.21. The maximum absolute atomic E-state index is 10.1. The molecule has 3 heteroatoms. The summed E-state index contributed by atoms with van der Waals surface area (Å²) < 4.78 is 0. The van der Waals surface area contributed by atoms with Gasteiger partial charge in [0, 0.05) is 25.5 Å². The van der Waals surface area contributed by atoms with Gasteiger partial charge in [-0.25, -0.2) is 0 Å². The number of hydrogen-bond donors (Lipinski definition) is 2. The Balaban J connectivity index is 1.80. The molecule has 0 aliphatic heterocycles. The summed E-state index contributed by atoms with van der Waals surface area (Å²) in [7, 11) is 0. The molecule has 0 fully saturated rings. The average Bonchev–Trinajstić information content (AvgIpc) is 2.43. The number of rotatable bonds is 5. The fraction of sp³-hybridized carbons (Fsp3) is 0.562. The fourth-order valence-corrected chi connectivity index (χ4v) is 2.82. The van der Waals surface area contributed by atoms with Crippen LogP contribution in [0.1, 0.15) is 38.4 Å². The zero-order chi connectivity index (χ0) is 13.7. The molecule has 3 nitrogen and oxygen atoms in total. The maximum Gasteiger partial charge on any atom is 0.0915 e. The van der Waals surface area contributed by atoms with E-state index in [2.05, 4.69) is 30.2 Å². The SMILES string of the molecule is CC1=CCC[C@H](C)[C@@H]1CNC[C@H](O)c1ccncc1. The van der Waals surface area contributed by atoms with Crippen LogP contribution in [-0.4, -0.2) is 23.2 Å². The van der Waals surface area contributed by atoms with Gasteiger partial charge in [0.25, 0.3) is 0 Å². The molecular weight excluding hydrogens is 236 g/mol. The minimum atomic E-state index is -0.453. The van der Waals surface area contributed by atoms with E-state index in [9.17, 15) is 5.11 Å². The van der Waals surface area contributed by atoms with Crippen molar-refractivity contribution in [3.63, 3.8) is 0 Å². The van der Waals surface area contributed by atoms with Crippen molar-refractivity contribution >= 4 is 0 Å². The third-order valence-corrected chi connectivity index (χ3v) is 4.15. The molecule has 0 amide bonds. The molecule has 2 N–H and O–H groups in total. The number of nitrogens with one attached hydrogen (secondary N) is 1. The van der Waals surface area contributed by atoms with Crippen molar-refractivity contribution in [2.45, 2.75) is 32.8 Å². The second kappa shape index (κ2) is 6.83. The summed E-state index contributed by atoms with van der Waals surface area (Å²) >= 11 is 0. The van der Waals surface area contributed by atoms with Gasteiger partial charge in [-0.05, 0) is 49.3 Å². The first kappa shape index (κ1) is 14.2. The van der Waals surface area contributed by atoms with Crippen LogP contribution in [0.5, 0.6) is 0 Å². The van der Waals surface area contributed by atoms with Gasteiger partial charge in [-0.15, -0.1) is 0 Å². The summed E-state index contributed by atoms with van der Waals surface area (Å²) in [5, 5.41) is 13.5. The van der Waals surface area contributed by atoms with E-state index >= 15 is 0 Å². The number of pyridine rings is 1. The van der Waals surface area contributed by atoms with Crippen LogP contribution in [0.2, 0.25) is 0 Å². The van der Waals surface area contributed by atoms with Crippen LogP contribution in [0.15, 0.2) is 36.2 Å². The molecular formula is C16H24N2O. The molecule has 0 aromatic carbocycles. The molecule has 1 aromatic heterocycles. The smallest absolute Gasteiger partial charge is 0.0915 e. The Morgan fingerprint density at radius 1 is 1.42 bits per heavy atom. The van der Waals surface area contributed by atoms with E-state index < -0.39 is 6.10 Å². The molecule has 1 heterocycles. The zero-order valence-corrected chi connectivity index (χ0v) is 11.8. The van der Waals surface area contributed by atoms with Gasteiger partial charge in [-0.1, -0.05) is 18.6 Å². The van der Waals surface area contributed by atoms with E-state index in [4.69, 9.17) is 0 Å². The molecule has 1 aliphatic carbocycles. The van der Waals surface area contributed by atoms with Crippen molar-refractivity contribution in [2.75, 3.05) is 13.1 Å². The van der Waals surface area contributed by atoms with E-state index in [-0.39, 0.29) is 0 Å². The van der Waals surface area contributed by atoms with Crippen molar-refractivity contribution in [2.24, 2.45) is 11.8 Å². The topological polar surface area (TPSA) is 45.1 Å². The Morgan fingerprint density at radius 3 is 2.84 bits per heavy atom. The quantitative estimate of drug-likeness (QED) is 0.800. The number of aromatic nitrogens is 1. The van der Waals surface area contributed by atoms with Gasteiger partial charge in [-0.3, -0.25) is 4.98 Å². The summed E-state index contributed by atoms with van der Waals surface area (Å²) in [5.74, 6) is 1.34. The Labute approximate surface area is 115 Å². The summed E-state index contributed by atoms with van der Waals surface area (Å²) in [6.45, 7) is 6.09. The van der Waals surface area contributed by atoms with Crippen LogP contribution in [0, 0.1) is 11.8 Å². The molecule has 0 radical (unpaired) electrons.